The first kappa shape index (κ1) is 14.0. The summed E-state index contributed by atoms with van der Waals surface area (Å²) >= 11 is 0. The summed E-state index contributed by atoms with van der Waals surface area (Å²) in [4.78, 5) is 4.48. The number of aryl methyl sites for hydroxylation is 1. The van der Waals surface area contributed by atoms with Gasteiger partial charge in [0.1, 0.15) is 0 Å². The molecule has 2 rings (SSSR count). The van der Waals surface area contributed by atoms with Crippen LogP contribution in [-0.4, -0.2) is 12.0 Å². The lowest BCUT2D eigenvalue weighted by Crippen LogP contribution is -1.94. The Morgan fingerprint density at radius 2 is 1.80 bits per heavy atom. The molecule has 1 aromatic heterocycles. The highest BCUT2D eigenvalue weighted by molar-refractivity contribution is 5.85. The molecule has 0 aliphatic rings. The summed E-state index contributed by atoms with van der Waals surface area (Å²) in [6.45, 7) is 2.01. The van der Waals surface area contributed by atoms with Crippen molar-refractivity contribution in [3.63, 3.8) is 0 Å². The van der Waals surface area contributed by atoms with Crippen LogP contribution in [0.5, 0.6) is 0 Å². The molecule has 0 radical (unpaired) electrons. The molecule has 1 N–H and O–H groups in total. The standard InChI is InChI=1S/C11H12N2.2ClH/c1-8-11(12-2)7-9-5-3-4-6-10(9)13-8;;/h3-7,12H,1-2H3;2*1H. The van der Waals surface area contributed by atoms with Crippen LogP contribution in [-0.2, 0) is 0 Å². The van der Waals surface area contributed by atoms with Gasteiger partial charge in [0.05, 0.1) is 16.9 Å². The maximum atomic E-state index is 4.48. The van der Waals surface area contributed by atoms with E-state index in [9.17, 15) is 0 Å². The van der Waals surface area contributed by atoms with Crippen LogP contribution in [0, 0.1) is 6.92 Å². The van der Waals surface area contributed by atoms with E-state index in [0.29, 0.717) is 0 Å². The van der Waals surface area contributed by atoms with Crippen molar-refractivity contribution in [1.29, 1.82) is 0 Å². The van der Waals surface area contributed by atoms with Crippen molar-refractivity contribution in [2.75, 3.05) is 12.4 Å². The second-order valence-electron chi connectivity index (χ2n) is 3.06. The van der Waals surface area contributed by atoms with E-state index < -0.39 is 0 Å². The molecule has 0 unspecified atom stereocenters. The Morgan fingerprint density at radius 3 is 2.47 bits per heavy atom. The van der Waals surface area contributed by atoms with Crippen LogP contribution in [0.1, 0.15) is 5.69 Å². The van der Waals surface area contributed by atoms with Crippen molar-refractivity contribution in [3.8, 4) is 0 Å². The van der Waals surface area contributed by atoms with Gasteiger partial charge in [0, 0.05) is 12.4 Å². The number of para-hydroxylation sites is 1. The molecule has 1 aromatic carbocycles. The molecule has 1 heterocycles. The molecule has 0 saturated carbocycles. The van der Waals surface area contributed by atoms with E-state index in [-0.39, 0.29) is 24.8 Å². The number of halogens is 2. The second kappa shape index (κ2) is 5.79. The molecule has 82 valence electrons. The van der Waals surface area contributed by atoms with Crippen molar-refractivity contribution in [1.82, 2.24) is 4.98 Å². The van der Waals surface area contributed by atoms with E-state index in [1.165, 1.54) is 5.39 Å². The van der Waals surface area contributed by atoms with Crippen molar-refractivity contribution < 1.29 is 0 Å². The first-order chi connectivity index (χ1) is 6.31. The summed E-state index contributed by atoms with van der Waals surface area (Å²) in [5, 5.41) is 4.30. The summed E-state index contributed by atoms with van der Waals surface area (Å²) in [6.07, 6.45) is 0. The van der Waals surface area contributed by atoms with Crippen LogP contribution in [0.15, 0.2) is 30.3 Å². The average molecular weight is 245 g/mol. The number of hydrogen-bond donors (Lipinski definition) is 1. The molecular formula is C11H14Cl2N2. The first-order valence-electron chi connectivity index (χ1n) is 4.35. The van der Waals surface area contributed by atoms with Gasteiger partial charge in [0.15, 0.2) is 0 Å². The molecule has 2 aromatic rings. The number of fused-ring (bicyclic) bond motifs is 1. The molecule has 0 bridgehead atoms. The van der Waals surface area contributed by atoms with Gasteiger partial charge in [-0.3, -0.25) is 4.98 Å². The molecule has 0 aliphatic carbocycles. The van der Waals surface area contributed by atoms with Gasteiger partial charge < -0.3 is 5.32 Å². The predicted octanol–water partition coefficient (Wildman–Crippen LogP) is 3.43. The molecule has 0 amide bonds. The van der Waals surface area contributed by atoms with E-state index in [2.05, 4.69) is 22.4 Å². The van der Waals surface area contributed by atoms with E-state index in [1.807, 2.05) is 32.2 Å². The van der Waals surface area contributed by atoms with Gasteiger partial charge in [-0.05, 0) is 19.1 Å². The van der Waals surface area contributed by atoms with Gasteiger partial charge in [0.25, 0.3) is 0 Å². The van der Waals surface area contributed by atoms with Crippen molar-refractivity contribution in [3.05, 3.63) is 36.0 Å². The van der Waals surface area contributed by atoms with Crippen LogP contribution < -0.4 is 5.32 Å². The summed E-state index contributed by atoms with van der Waals surface area (Å²) in [5.41, 5.74) is 3.19. The predicted molar refractivity (Wildman–Crippen MR) is 70.5 cm³/mol. The number of benzene rings is 1. The van der Waals surface area contributed by atoms with E-state index in [0.717, 1.165) is 16.9 Å². The highest BCUT2D eigenvalue weighted by Gasteiger charge is 1.99. The van der Waals surface area contributed by atoms with Gasteiger partial charge in [-0.2, -0.15) is 0 Å². The zero-order valence-corrected chi connectivity index (χ0v) is 10.3. The van der Waals surface area contributed by atoms with Crippen LogP contribution in [0.2, 0.25) is 0 Å². The fourth-order valence-electron chi connectivity index (χ4n) is 1.47. The summed E-state index contributed by atoms with van der Waals surface area (Å²) in [7, 11) is 1.92. The van der Waals surface area contributed by atoms with Gasteiger partial charge in [-0.25, -0.2) is 0 Å². The van der Waals surface area contributed by atoms with Gasteiger partial charge in [-0.15, -0.1) is 24.8 Å². The Balaban J connectivity index is 0.000000980. The van der Waals surface area contributed by atoms with Gasteiger partial charge in [-0.1, -0.05) is 18.2 Å². The van der Waals surface area contributed by atoms with Crippen LogP contribution in [0.25, 0.3) is 10.9 Å². The third-order valence-electron chi connectivity index (χ3n) is 2.18. The van der Waals surface area contributed by atoms with E-state index >= 15 is 0 Å². The second-order valence-corrected chi connectivity index (χ2v) is 3.06. The molecule has 4 heteroatoms. The molecule has 0 atom stereocenters. The number of aromatic nitrogens is 1. The number of anilines is 1. The van der Waals surface area contributed by atoms with Crippen molar-refractivity contribution in [2.24, 2.45) is 0 Å². The number of pyridine rings is 1. The number of hydrogen-bond acceptors (Lipinski definition) is 2. The topological polar surface area (TPSA) is 24.9 Å². The average Bonchev–Trinajstić information content (AvgIpc) is 2.17. The van der Waals surface area contributed by atoms with Crippen molar-refractivity contribution >= 4 is 41.4 Å². The summed E-state index contributed by atoms with van der Waals surface area (Å²) in [6, 6.07) is 10.3. The quantitative estimate of drug-likeness (QED) is 0.832. The Hall–Kier alpha value is -0.990. The smallest absolute Gasteiger partial charge is 0.0706 e. The minimum atomic E-state index is 0. The fourth-order valence-corrected chi connectivity index (χ4v) is 1.47. The maximum absolute atomic E-state index is 4.48. The lowest BCUT2D eigenvalue weighted by molar-refractivity contribution is 1.24. The first-order valence-corrected chi connectivity index (χ1v) is 4.35. The number of nitrogens with one attached hydrogen (secondary N) is 1. The summed E-state index contributed by atoms with van der Waals surface area (Å²) in [5.74, 6) is 0. The molecule has 0 aliphatic heterocycles. The van der Waals surface area contributed by atoms with Crippen LogP contribution in [0.3, 0.4) is 0 Å². The number of rotatable bonds is 1. The summed E-state index contributed by atoms with van der Waals surface area (Å²) < 4.78 is 0. The molecule has 0 saturated heterocycles. The molecular weight excluding hydrogens is 231 g/mol. The highest BCUT2D eigenvalue weighted by atomic mass is 35.5. The van der Waals surface area contributed by atoms with Crippen LogP contribution >= 0.6 is 24.8 Å². The van der Waals surface area contributed by atoms with Crippen molar-refractivity contribution in [2.45, 2.75) is 6.92 Å². The normalized spacial score (nSPS) is 8.93. The minimum Gasteiger partial charge on any atom is -0.387 e. The highest BCUT2D eigenvalue weighted by Crippen LogP contribution is 2.19. The lowest BCUT2D eigenvalue weighted by Gasteiger charge is -2.05. The molecule has 0 fully saturated rings. The Bertz CT molecular complexity index is 444. The zero-order chi connectivity index (χ0) is 9.26. The maximum Gasteiger partial charge on any atom is 0.0706 e. The van der Waals surface area contributed by atoms with Gasteiger partial charge in [0.2, 0.25) is 0 Å². The lowest BCUT2D eigenvalue weighted by atomic mass is 10.2. The fraction of sp³-hybridized carbons (Fsp3) is 0.182. The SMILES string of the molecule is CNc1cc2ccccc2nc1C.Cl.Cl. The zero-order valence-electron chi connectivity index (χ0n) is 8.65. The monoisotopic (exact) mass is 244 g/mol. The molecule has 0 spiro atoms. The third-order valence-corrected chi connectivity index (χ3v) is 2.18. The largest absolute Gasteiger partial charge is 0.387 e. The Labute approximate surface area is 102 Å². The van der Waals surface area contributed by atoms with Gasteiger partial charge >= 0.3 is 0 Å². The molecule has 15 heavy (non-hydrogen) atoms. The van der Waals surface area contributed by atoms with E-state index in [4.69, 9.17) is 0 Å². The Kier molecular flexibility index (Phi) is 5.40. The third kappa shape index (κ3) is 2.74. The van der Waals surface area contributed by atoms with Crippen LogP contribution in [0.4, 0.5) is 5.69 Å². The number of nitrogens with zero attached hydrogens (tertiary/aromatic N) is 1. The minimum absolute atomic E-state index is 0. The molecule has 2 nitrogen and oxygen atoms in total. The van der Waals surface area contributed by atoms with E-state index in [1.54, 1.807) is 0 Å². The Morgan fingerprint density at radius 1 is 1.13 bits per heavy atom.